The minimum Gasteiger partial charge on any atom is -0.504 e. The van der Waals surface area contributed by atoms with Crippen LogP contribution < -0.4 is 5.43 Å². The van der Waals surface area contributed by atoms with E-state index in [1.54, 1.807) is 30.5 Å². The predicted molar refractivity (Wildman–Crippen MR) is 89.5 cm³/mol. The standard InChI is InChI=1S/C16H16N4O4/c1-3-20(2)19-15-12(16(22)23)13(21)11(24-15)7-9-8-18-14-10(9)5-4-6-17-14/h4-8,19,21H,3H2,1-2H3,(H,22,23). The number of rotatable bonds is 5. The second-order valence-electron chi connectivity index (χ2n) is 5.18. The number of hydrogen-bond acceptors (Lipinski definition) is 7. The second kappa shape index (κ2) is 6.17. The summed E-state index contributed by atoms with van der Waals surface area (Å²) >= 11 is 0. The molecule has 0 spiro atoms. The topological polar surface area (TPSA) is 111 Å². The number of fused-ring (bicyclic) bond motifs is 1. The molecule has 0 bridgehead atoms. The van der Waals surface area contributed by atoms with Gasteiger partial charge < -0.3 is 14.6 Å². The average molecular weight is 328 g/mol. The summed E-state index contributed by atoms with van der Waals surface area (Å²) in [6, 6.07) is 3.61. The molecule has 3 N–H and O–H groups in total. The van der Waals surface area contributed by atoms with Gasteiger partial charge in [0.2, 0.25) is 5.88 Å². The molecule has 3 rings (SSSR count). The fraction of sp³-hybridized carbons (Fsp3) is 0.188. The molecule has 0 saturated carbocycles. The Morgan fingerprint density at radius 1 is 1.50 bits per heavy atom. The number of aromatic carboxylic acids is 1. The van der Waals surface area contributed by atoms with Gasteiger partial charge in [0.1, 0.15) is 0 Å². The fourth-order valence-electron chi connectivity index (χ4n) is 2.25. The van der Waals surface area contributed by atoms with Crippen molar-refractivity contribution >= 4 is 35.5 Å². The molecule has 2 aromatic heterocycles. The summed E-state index contributed by atoms with van der Waals surface area (Å²) < 4.78 is 5.51. The van der Waals surface area contributed by atoms with Crippen LogP contribution in [0.4, 0.5) is 11.7 Å². The van der Waals surface area contributed by atoms with Gasteiger partial charge in [-0.2, -0.15) is 0 Å². The van der Waals surface area contributed by atoms with Crippen LogP contribution in [0.5, 0.6) is 5.75 Å². The Bertz CT molecular complexity index is 854. The highest BCUT2D eigenvalue weighted by Crippen LogP contribution is 2.37. The molecule has 1 aliphatic rings. The van der Waals surface area contributed by atoms with Crippen molar-refractivity contribution in [2.75, 3.05) is 19.0 Å². The highest BCUT2D eigenvalue weighted by molar-refractivity contribution is 6.21. The number of carbonyl (C=O) groups is 1. The summed E-state index contributed by atoms with van der Waals surface area (Å²) in [6.07, 6.45) is 4.76. The van der Waals surface area contributed by atoms with Crippen LogP contribution in [0.1, 0.15) is 28.6 Å². The molecule has 8 heteroatoms. The molecule has 3 heterocycles. The van der Waals surface area contributed by atoms with Crippen molar-refractivity contribution in [3.63, 3.8) is 0 Å². The molecule has 0 saturated heterocycles. The van der Waals surface area contributed by atoms with Crippen LogP contribution in [0, 0.1) is 0 Å². The molecule has 0 atom stereocenters. The van der Waals surface area contributed by atoms with E-state index in [0.29, 0.717) is 17.9 Å². The van der Waals surface area contributed by atoms with Gasteiger partial charge in [-0.15, -0.1) is 0 Å². The lowest BCUT2D eigenvalue weighted by Crippen LogP contribution is -2.25. The molecule has 2 aromatic rings. The van der Waals surface area contributed by atoms with Crippen LogP contribution in [-0.4, -0.2) is 46.0 Å². The van der Waals surface area contributed by atoms with Crippen LogP contribution in [-0.2, 0) is 0 Å². The van der Waals surface area contributed by atoms with Crippen molar-refractivity contribution in [1.82, 2.24) is 9.99 Å². The second-order valence-corrected chi connectivity index (χ2v) is 5.18. The van der Waals surface area contributed by atoms with E-state index in [2.05, 4.69) is 15.4 Å². The van der Waals surface area contributed by atoms with E-state index in [1.807, 2.05) is 13.0 Å². The van der Waals surface area contributed by atoms with E-state index < -0.39 is 11.7 Å². The van der Waals surface area contributed by atoms with E-state index in [-0.39, 0.29) is 17.2 Å². The number of allylic oxidation sites excluding steroid dienone is 1. The number of aromatic hydroxyl groups is 1. The molecule has 0 radical (unpaired) electrons. The van der Waals surface area contributed by atoms with E-state index >= 15 is 0 Å². The molecule has 1 aliphatic heterocycles. The number of aromatic nitrogens is 1. The number of nitrogens with zero attached hydrogens (tertiary/aromatic N) is 3. The molecule has 124 valence electrons. The Hall–Kier alpha value is -3.13. The van der Waals surface area contributed by atoms with Gasteiger partial charge in [0.15, 0.2) is 22.9 Å². The van der Waals surface area contributed by atoms with E-state index in [0.717, 1.165) is 5.56 Å². The van der Waals surface area contributed by atoms with E-state index in [1.165, 1.54) is 6.08 Å². The minimum absolute atomic E-state index is 0.0301. The quantitative estimate of drug-likeness (QED) is 0.723. The zero-order chi connectivity index (χ0) is 17.3. The fourth-order valence-corrected chi connectivity index (χ4v) is 2.25. The summed E-state index contributed by atoms with van der Waals surface area (Å²) in [5.74, 6) is -1.14. The third-order valence-corrected chi connectivity index (χ3v) is 3.60. The molecule has 0 aromatic carbocycles. The number of anilines is 1. The first-order valence-electron chi connectivity index (χ1n) is 7.29. The predicted octanol–water partition coefficient (Wildman–Crippen LogP) is 2.61. The first-order chi connectivity index (χ1) is 11.5. The molecular formula is C16H16N4O4. The first-order valence-corrected chi connectivity index (χ1v) is 7.29. The number of aliphatic imine (C=N–C) groups is 1. The molecule has 0 unspecified atom stereocenters. The lowest BCUT2D eigenvalue weighted by molar-refractivity contribution is 0.0694. The molecule has 24 heavy (non-hydrogen) atoms. The van der Waals surface area contributed by atoms with Gasteiger partial charge in [-0.3, -0.25) is 5.43 Å². The number of hydrogen-bond donors (Lipinski definition) is 3. The van der Waals surface area contributed by atoms with Crippen LogP contribution >= 0.6 is 0 Å². The largest absolute Gasteiger partial charge is 0.504 e. The zero-order valence-electron chi connectivity index (χ0n) is 13.1. The van der Waals surface area contributed by atoms with E-state index in [9.17, 15) is 15.0 Å². The third-order valence-electron chi connectivity index (χ3n) is 3.60. The summed E-state index contributed by atoms with van der Waals surface area (Å²) in [6.45, 7) is 2.50. The van der Waals surface area contributed by atoms with Crippen LogP contribution in [0.2, 0.25) is 0 Å². The van der Waals surface area contributed by atoms with Gasteiger partial charge in [-0.25, -0.2) is 19.8 Å². The maximum absolute atomic E-state index is 11.4. The highest BCUT2D eigenvalue weighted by Gasteiger charge is 2.26. The van der Waals surface area contributed by atoms with Gasteiger partial charge in [0, 0.05) is 37.1 Å². The molecular weight excluding hydrogens is 312 g/mol. The smallest absolute Gasteiger partial charge is 0.345 e. The molecule has 0 amide bonds. The maximum atomic E-state index is 11.4. The number of pyridine rings is 1. The Labute approximate surface area is 137 Å². The number of carboxylic acids is 1. The molecule has 8 nitrogen and oxygen atoms in total. The Morgan fingerprint density at radius 2 is 2.29 bits per heavy atom. The van der Waals surface area contributed by atoms with Gasteiger partial charge in [-0.1, -0.05) is 6.92 Å². The van der Waals surface area contributed by atoms with Crippen molar-refractivity contribution in [3.05, 3.63) is 35.2 Å². The Kier molecular flexibility index (Phi) is 4.05. The van der Waals surface area contributed by atoms with Gasteiger partial charge in [0.05, 0.1) is 0 Å². The number of hydrazine groups is 1. The normalized spacial score (nSPS) is 14.4. The van der Waals surface area contributed by atoms with Crippen LogP contribution in [0.3, 0.4) is 0 Å². The molecule has 0 aliphatic carbocycles. The number of furan rings is 1. The monoisotopic (exact) mass is 328 g/mol. The van der Waals surface area contributed by atoms with Gasteiger partial charge in [-0.05, 0) is 18.2 Å². The minimum atomic E-state index is -1.28. The van der Waals surface area contributed by atoms with Crippen LogP contribution in [0.25, 0.3) is 11.6 Å². The zero-order valence-corrected chi connectivity index (χ0v) is 13.1. The lowest BCUT2D eigenvalue weighted by atomic mass is 10.1. The third kappa shape index (κ3) is 2.74. The Balaban J connectivity index is 2.04. The van der Waals surface area contributed by atoms with Crippen molar-refractivity contribution in [2.45, 2.75) is 6.92 Å². The summed E-state index contributed by atoms with van der Waals surface area (Å²) in [7, 11) is 1.73. The summed E-state index contributed by atoms with van der Waals surface area (Å²) in [5, 5.41) is 21.2. The Morgan fingerprint density at radius 3 is 3.00 bits per heavy atom. The lowest BCUT2D eigenvalue weighted by Gasteiger charge is -2.14. The number of carboxylic acid groups (broad SMARTS) is 1. The summed E-state index contributed by atoms with van der Waals surface area (Å²) in [4.78, 5) is 19.7. The average Bonchev–Trinajstić information content (AvgIpc) is 3.09. The summed E-state index contributed by atoms with van der Waals surface area (Å²) in [5.41, 5.74) is 3.94. The maximum Gasteiger partial charge on any atom is 0.345 e. The molecule has 0 fully saturated rings. The van der Waals surface area contributed by atoms with Crippen molar-refractivity contribution in [1.29, 1.82) is 0 Å². The van der Waals surface area contributed by atoms with Gasteiger partial charge >= 0.3 is 5.97 Å². The van der Waals surface area contributed by atoms with Crippen LogP contribution in [0.15, 0.2) is 27.7 Å². The van der Waals surface area contributed by atoms with Crippen molar-refractivity contribution in [3.8, 4) is 5.75 Å². The SMILES string of the molecule is CCN(C)Nc1oc(C=C2C=Nc3ncccc32)c(O)c1C(=O)O. The van der Waals surface area contributed by atoms with Crippen molar-refractivity contribution < 1.29 is 19.4 Å². The van der Waals surface area contributed by atoms with Gasteiger partial charge in [0.25, 0.3) is 0 Å². The van der Waals surface area contributed by atoms with Crippen molar-refractivity contribution in [2.24, 2.45) is 4.99 Å². The number of nitrogens with one attached hydrogen (secondary N) is 1. The highest BCUT2D eigenvalue weighted by atomic mass is 16.4. The first kappa shape index (κ1) is 15.8. The van der Waals surface area contributed by atoms with E-state index in [4.69, 9.17) is 4.42 Å².